The molecule has 0 aliphatic rings. The van der Waals surface area contributed by atoms with E-state index in [1.54, 1.807) is 77.6 Å². The number of pyridine rings is 1. The number of fused-ring (bicyclic) bond motifs is 1. The minimum Gasteiger partial charge on any atom is -0.350 e. The molecule has 0 radical (unpaired) electrons. The molecular weight excluding hydrogens is 539 g/mol. The van der Waals surface area contributed by atoms with E-state index < -0.39 is 24.9 Å². The molecule has 0 spiro atoms. The number of amides is 1. The summed E-state index contributed by atoms with van der Waals surface area (Å²) in [6.45, 7) is 11.2. The number of phosphoric acid groups is 1. The van der Waals surface area contributed by atoms with Crippen molar-refractivity contribution in [1.82, 2.24) is 9.88 Å². The van der Waals surface area contributed by atoms with Gasteiger partial charge in [0.1, 0.15) is 5.56 Å². The number of aryl methyl sites for hydroxylation is 2. The van der Waals surface area contributed by atoms with Gasteiger partial charge in [-0.15, -0.1) is 0 Å². The number of aromatic nitrogens is 1. The first-order valence-electron chi connectivity index (χ1n) is 12.9. The summed E-state index contributed by atoms with van der Waals surface area (Å²) in [7, 11) is -1.99. The van der Waals surface area contributed by atoms with Crippen molar-refractivity contribution < 1.29 is 22.9 Å². The maximum Gasteiger partial charge on any atom is 0.475 e. The molecule has 0 bridgehead atoms. The van der Waals surface area contributed by atoms with Gasteiger partial charge < -0.3 is 9.88 Å². The van der Waals surface area contributed by atoms with Crippen LogP contribution in [0.2, 0.25) is 5.02 Å². The summed E-state index contributed by atoms with van der Waals surface area (Å²) in [5.74, 6) is -0.445. The Bertz CT molecular complexity index is 1400. The van der Waals surface area contributed by atoms with Crippen molar-refractivity contribution in [2.24, 2.45) is 7.05 Å². The Balaban J connectivity index is 1.71. The Morgan fingerprint density at radius 3 is 2.15 bits per heavy atom. The second-order valence-electron chi connectivity index (χ2n) is 11.4. The van der Waals surface area contributed by atoms with Crippen LogP contribution in [0.15, 0.2) is 53.5 Å². The third kappa shape index (κ3) is 9.30. The second kappa shape index (κ2) is 12.4. The number of hydrogen-bond acceptors (Lipinski definition) is 6. The van der Waals surface area contributed by atoms with Gasteiger partial charge in [-0.05, 0) is 89.8 Å². The Labute approximate surface area is 235 Å². The fourth-order valence-electron chi connectivity index (χ4n) is 3.93. The lowest BCUT2D eigenvalue weighted by Crippen LogP contribution is -2.29. The number of carbonyl (C=O) groups excluding carboxylic acids is 1. The summed E-state index contributed by atoms with van der Waals surface area (Å²) in [4.78, 5) is 26.1. The summed E-state index contributed by atoms with van der Waals surface area (Å²) >= 11 is 5.92. The summed E-state index contributed by atoms with van der Waals surface area (Å²) < 4.78 is 31.9. The maximum absolute atomic E-state index is 13.3. The quantitative estimate of drug-likeness (QED) is 0.210. The highest BCUT2D eigenvalue weighted by Gasteiger charge is 2.36. The Morgan fingerprint density at radius 2 is 1.56 bits per heavy atom. The molecular formula is C29H38ClN2O6P. The van der Waals surface area contributed by atoms with Gasteiger partial charge in [0.25, 0.3) is 5.91 Å². The molecule has 1 amide bonds. The lowest BCUT2D eigenvalue weighted by atomic mass is 10.0. The highest BCUT2D eigenvalue weighted by molar-refractivity contribution is 7.48. The molecule has 10 heteroatoms. The van der Waals surface area contributed by atoms with Crippen LogP contribution in [-0.2, 0) is 38.1 Å². The first-order valence-corrected chi connectivity index (χ1v) is 14.7. The van der Waals surface area contributed by atoms with Crippen molar-refractivity contribution in [3.05, 3.63) is 80.6 Å². The molecule has 1 N–H and O–H groups in total. The van der Waals surface area contributed by atoms with Gasteiger partial charge >= 0.3 is 7.82 Å². The molecule has 0 aliphatic heterocycles. The van der Waals surface area contributed by atoms with E-state index in [0.29, 0.717) is 23.3 Å². The molecule has 0 unspecified atom stereocenters. The van der Waals surface area contributed by atoms with Gasteiger partial charge in [-0.25, -0.2) is 4.57 Å². The highest BCUT2D eigenvalue weighted by atomic mass is 35.5. The number of halogens is 1. The van der Waals surface area contributed by atoms with E-state index in [1.165, 1.54) is 0 Å². The van der Waals surface area contributed by atoms with Crippen molar-refractivity contribution in [2.45, 2.75) is 72.1 Å². The van der Waals surface area contributed by atoms with Crippen LogP contribution in [0, 0.1) is 0 Å². The molecule has 1 aromatic heterocycles. The smallest absolute Gasteiger partial charge is 0.350 e. The monoisotopic (exact) mass is 576 g/mol. The van der Waals surface area contributed by atoms with Crippen LogP contribution in [-0.4, -0.2) is 28.3 Å². The summed E-state index contributed by atoms with van der Waals surface area (Å²) in [6, 6.07) is 12.7. The third-order valence-electron chi connectivity index (χ3n) is 5.49. The van der Waals surface area contributed by atoms with Crippen molar-refractivity contribution >= 4 is 36.2 Å². The van der Waals surface area contributed by atoms with E-state index in [0.717, 1.165) is 16.6 Å². The van der Waals surface area contributed by atoms with E-state index in [4.69, 9.17) is 25.2 Å². The van der Waals surface area contributed by atoms with Crippen LogP contribution in [0.4, 0.5) is 0 Å². The van der Waals surface area contributed by atoms with Crippen molar-refractivity contribution in [3.8, 4) is 0 Å². The van der Waals surface area contributed by atoms with E-state index in [-0.39, 0.29) is 24.1 Å². The lowest BCUT2D eigenvalue weighted by molar-refractivity contribution is 0.00314. The zero-order chi connectivity index (χ0) is 29.0. The van der Waals surface area contributed by atoms with Crippen LogP contribution < -0.4 is 10.7 Å². The third-order valence-corrected chi connectivity index (χ3v) is 7.79. The number of nitrogens with one attached hydrogen (secondary N) is 1. The van der Waals surface area contributed by atoms with E-state index in [2.05, 4.69) is 5.32 Å². The standard InChI is InChI=1S/C29H38ClN2O6P/c1-28(2,3)37-39(35,38-29(4,5)6)36-16-8-9-20-12-15-25-23(17-20)26(33)24(19-32(25)7)27(34)31-18-21-10-13-22(30)14-11-21/h10-15,17,19H,8-9,16,18H2,1-7H3,(H,31,34). The highest BCUT2D eigenvalue weighted by Crippen LogP contribution is 2.55. The Morgan fingerprint density at radius 1 is 0.974 bits per heavy atom. The van der Waals surface area contributed by atoms with Crippen molar-refractivity contribution in [1.29, 1.82) is 0 Å². The molecule has 212 valence electrons. The van der Waals surface area contributed by atoms with Gasteiger partial charge in [0, 0.05) is 30.2 Å². The molecule has 3 rings (SSSR count). The topological polar surface area (TPSA) is 95.9 Å². The van der Waals surface area contributed by atoms with Crippen molar-refractivity contribution in [2.75, 3.05) is 6.61 Å². The number of phosphoric ester groups is 1. The molecule has 0 fully saturated rings. The van der Waals surface area contributed by atoms with E-state index in [9.17, 15) is 14.2 Å². The number of hydrogen-bond donors (Lipinski definition) is 1. The molecule has 0 saturated carbocycles. The summed E-state index contributed by atoms with van der Waals surface area (Å²) in [5.41, 5.74) is 0.799. The Kier molecular flexibility index (Phi) is 9.84. The normalized spacial score (nSPS) is 12.6. The van der Waals surface area contributed by atoms with Crippen LogP contribution in [0.25, 0.3) is 10.9 Å². The number of benzene rings is 2. The number of carbonyl (C=O) groups is 1. The fraction of sp³-hybridized carbons (Fsp3) is 0.448. The molecule has 39 heavy (non-hydrogen) atoms. The first kappa shape index (κ1) is 31.1. The first-order chi connectivity index (χ1) is 18.1. The van der Waals surface area contributed by atoms with Crippen LogP contribution in [0.1, 0.15) is 69.4 Å². The number of rotatable bonds is 10. The van der Waals surface area contributed by atoms with Gasteiger partial charge in [-0.1, -0.05) is 29.8 Å². The van der Waals surface area contributed by atoms with Crippen molar-refractivity contribution in [3.63, 3.8) is 0 Å². The molecule has 3 aromatic rings. The summed E-state index contributed by atoms with van der Waals surface area (Å²) in [5, 5.41) is 3.87. The average Bonchev–Trinajstić information content (AvgIpc) is 2.81. The molecule has 0 atom stereocenters. The molecule has 2 aromatic carbocycles. The van der Waals surface area contributed by atoms with E-state index >= 15 is 0 Å². The Hall–Kier alpha value is -2.48. The SMILES string of the molecule is Cn1cc(C(=O)NCc2ccc(Cl)cc2)c(=O)c2cc(CCCOP(=O)(OC(C)(C)C)OC(C)(C)C)ccc21. The van der Waals surface area contributed by atoms with Gasteiger partial charge in [0.15, 0.2) is 0 Å². The van der Waals surface area contributed by atoms with Gasteiger partial charge in [-0.3, -0.25) is 23.2 Å². The second-order valence-corrected chi connectivity index (χ2v) is 13.4. The average molecular weight is 577 g/mol. The predicted octanol–water partition coefficient (Wildman–Crippen LogP) is 6.81. The summed E-state index contributed by atoms with van der Waals surface area (Å²) in [6.07, 6.45) is 2.65. The van der Waals surface area contributed by atoms with Crippen LogP contribution in [0.5, 0.6) is 0 Å². The van der Waals surface area contributed by atoms with Gasteiger partial charge in [-0.2, -0.15) is 0 Å². The van der Waals surface area contributed by atoms with Gasteiger partial charge in [0.2, 0.25) is 5.43 Å². The molecule has 0 aliphatic carbocycles. The predicted molar refractivity (Wildman–Crippen MR) is 155 cm³/mol. The minimum absolute atomic E-state index is 0.0686. The van der Waals surface area contributed by atoms with Crippen LogP contribution >= 0.6 is 19.4 Å². The number of nitrogens with zero attached hydrogens (tertiary/aromatic N) is 1. The lowest BCUT2D eigenvalue weighted by Gasteiger charge is -2.30. The van der Waals surface area contributed by atoms with Crippen LogP contribution in [0.3, 0.4) is 0 Å². The molecule has 8 nitrogen and oxygen atoms in total. The zero-order valence-corrected chi connectivity index (χ0v) is 25.3. The largest absolute Gasteiger partial charge is 0.475 e. The minimum atomic E-state index is -3.79. The molecule has 0 saturated heterocycles. The van der Waals surface area contributed by atoms with E-state index in [1.807, 2.05) is 24.3 Å². The fourth-order valence-corrected chi connectivity index (χ4v) is 5.89. The molecule has 1 heterocycles. The maximum atomic E-state index is 13.3. The zero-order valence-electron chi connectivity index (χ0n) is 23.7. The van der Waals surface area contributed by atoms with Gasteiger partial charge in [0.05, 0.1) is 23.3 Å².